The molecular weight excluding hydrogens is 340 g/mol. The van der Waals surface area contributed by atoms with Crippen LogP contribution in [0.2, 0.25) is 0 Å². The van der Waals surface area contributed by atoms with Crippen molar-refractivity contribution in [3.8, 4) is 0 Å². The number of nitrogens with zero attached hydrogens (tertiary/aromatic N) is 1. The van der Waals surface area contributed by atoms with Gasteiger partial charge in [-0.1, -0.05) is 6.07 Å². The molecule has 2 aliphatic rings. The average Bonchev–Trinajstić information content (AvgIpc) is 2.84. The number of piperidine rings is 1. The van der Waals surface area contributed by atoms with Gasteiger partial charge in [0.05, 0.1) is 4.90 Å². The first-order chi connectivity index (χ1) is 10.0. The van der Waals surface area contributed by atoms with Crippen molar-refractivity contribution < 1.29 is 8.42 Å². The van der Waals surface area contributed by atoms with Gasteiger partial charge in [0.2, 0.25) is 10.0 Å². The molecule has 0 aliphatic carbocycles. The van der Waals surface area contributed by atoms with Gasteiger partial charge in [-0.3, -0.25) is 0 Å². The van der Waals surface area contributed by atoms with E-state index >= 15 is 0 Å². The molecule has 7 heteroatoms. The molecule has 1 aromatic carbocycles. The number of sulfonamides is 1. The average molecular weight is 363 g/mol. The molecule has 0 radical (unpaired) electrons. The molecular formula is C15H23ClN2O2S2. The minimum atomic E-state index is -3.40. The van der Waals surface area contributed by atoms with E-state index in [9.17, 15) is 8.42 Å². The van der Waals surface area contributed by atoms with Crippen LogP contribution in [0.5, 0.6) is 0 Å². The fraction of sp³-hybridized carbons (Fsp3) is 0.600. The first-order valence-corrected chi connectivity index (χ1v) is 10.1. The summed E-state index contributed by atoms with van der Waals surface area (Å²) < 4.78 is 27.3. The number of halogens is 1. The number of rotatable bonds is 4. The highest BCUT2D eigenvalue weighted by Crippen LogP contribution is 2.32. The lowest BCUT2D eigenvalue weighted by Crippen LogP contribution is -2.48. The molecule has 2 atom stereocenters. The Bertz CT molecular complexity index is 612. The van der Waals surface area contributed by atoms with E-state index in [0.29, 0.717) is 17.0 Å². The number of nitrogens with one attached hydrogen (secondary N) is 1. The van der Waals surface area contributed by atoms with Crippen LogP contribution >= 0.6 is 24.2 Å². The molecule has 2 bridgehead atoms. The van der Waals surface area contributed by atoms with Crippen molar-refractivity contribution in [2.45, 2.75) is 53.6 Å². The van der Waals surface area contributed by atoms with Gasteiger partial charge in [-0.2, -0.15) is 4.31 Å². The zero-order valence-corrected chi connectivity index (χ0v) is 15.3. The van der Waals surface area contributed by atoms with Gasteiger partial charge in [-0.15, -0.1) is 24.2 Å². The van der Waals surface area contributed by atoms with Crippen molar-refractivity contribution in [2.75, 3.05) is 13.3 Å². The third-order valence-electron chi connectivity index (χ3n) is 4.68. The van der Waals surface area contributed by atoms with Crippen LogP contribution in [-0.4, -0.2) is 44.2 Å². The topological polar surface area (TPSA) is 49.4 Å². The summed E-state index contributed by atoms with van der Waals surface area (Å²) in [5, 5.41) is 3.56. The van der Waals surface area contributed by atoms with Crippen molar-refractivity contribution in [1.82, 2.24) is 9.62 Å². The van der Waals surface area contributed by atoms with Crippen molar-refractivity contribution in [3.63, 3.8) is 0 Å². The van der Waals surface area contributed by atoms with Gasteiger partial charge >= 0.3 is 0 Å². The SMILES string of the molecule is CSc1cccc(S(=O)(=O)N(C)C2CC3CCC(C2)N3)c1.Cl. The Morgan fingerprint density at radius 1 is 1.23 bits per heavy atom. The fourth-order valence-corrected chi connectivity index (χ4v) is 5.41. The van der Waals surface area contributed by atoms with E-state index in [-0.39, 0.29) is 18.4 Å². The van der Waals surface area contributed by atoms with Crippen LogP contribution in [0, 0.1) is 0 Å². The predicted octanol–water partition coefficient (Wildman–Crippen LogP) is 2.73. The lowest BCUT2D eigenvalue weighted by molar-refractivity contribution is 0.251. The Hall–Kier alpha value is -0.270. The molecule has 2 saturated heterocycles. The second-order valence-corrected chi connectivity index (χ2v) is 8.84. The third-order valence-corrected chi connectivity index (χ3v) is 7.31. The molecule has 1 N–H and O–H groups in total. The first kappa shape index (κ1) is 18.1. The number of hydrogen-bond donors (Lipinski definition) is 1. The molecule has 0 aromatic heterocycles. The number of hydrogen-bond acceptors (Lipinski definition) is 4. The van der Waals surface area contributed by atoms with E-state index in [1.807, 2.05) is 18.4 Å². The Labute approximate surface area is 143 Å². The van der Waals surface area contributed by atoms with Gasteiger partial charge in [-0.05, 0) is 50.1 Å². The molecule has 0 spiro atoms. The molecule has 124 valence electrons. The van der Waals surface area contributed by atoms with Crippen LogP contribution in [0.1, 0.15) is 25.7 Å². The van der Waals surface area contributed by atoms with Crippen LogP contribution in [0.4, 0.5) is 0 Å². The molecule has 2 heterocycles. The summed E-state index contributed by atoms with van der Waals surface area (Å²) in [5.41, 5.74) is 0. The summed E-state index contributed by atoms with van der Waals surface area (Å²) in [7, 11) is -1.67. The molecule has 2 unspecified atom stereocenters. The molecule has 2 fully saturated rings. The monoisotopic (exact) mass is 362 g/mol. The minimum Gasteiger partial charge on any atom is -0.311 e. The molecule has 4 nitrogen and oxygen atoms in total. The van der Waals surface area contributed by atoms with Crippen LogP contribution in [0.15, 0.2) is 34.1 Å². The maximum absolute atomic E-state index is 12.8. The zero-order valence-electron chi connectivity index (χ0n) is 12.9. The Kier molecular flexibility index (Phi) is 5.83. The molecule has 0 saturated carbocycles. The highest BCUT2D eigenvalue weighted by molar-refractivity contribution is 7.98. The van der Waals surface area contributed by atoms with Gasteiger partial charge in [0.15, 0.2) is 0 Å². The summed E-state index contributed by atoms with van der Waals surface area (Å²) in [5.74, 6) is 0. The van der Waals surface area contributed by atoms with E-state index in [4.69, 9.17) is 0 Å². The van der Waals surface area contributed by atoms with Gasteiger partial charge in [0.1, 0.15) is 0 Å². The van der Waals surface area contributed by atoms with Crippen molar-refractivity contribution >= 4 is 34.2 Å². The molecule has 2 aliphatic heterocycles. The first-order valence-electron chi connectivity index (χ1n) is 7.39. The zero-order chi connectivity index (χ0) is 15.0. The van der Waals surface area contributed by atoms with E-state index in [1.165, 1.54) is 12.8 Å². The smallest absolute Gasteiger partial charge is 0.243 e. The Morgan fingerprint density at radius 3 is 2.45 bits per heavy atom. The van der Waals surface area contributed by atoms with Crippen molar-refractivity contribution in [2.24, 2.45) is 0 Å². The predicted molar refractivity (Wildman–Crippen MR) is 93.4 cm³/mol. The fourth-order valence-electron chi connectivity index (χ4n) is 3.45. The summed E-state index contributed by atoms with van der Waals surface area (Å²) in [6.45, 7) is 0. The molecule has 22 heavy (non-hydrogen) atoms. The standard InChI is InChI=1S/C15H22N2O2S2.ClH/c1-17(13-8-11-6-7-12(9-13)16-11)21(18,19)15-5-3-4-14(10-15)20-2;/h3-5,10-13,16H,6-9H2,1-2H3;1H. The summed E-state index contributed by atoms with van der Waals surface area (Å²) in [6.07, 6.45) is 6.16. The maximum atomic E-state index is 12.8. The second kappa shape index (κ2) is 7.09. The minimum absolute atomic E-state index is 0. The van der Waals surface area contributed by atoms with Gasteiger partial charge in [0.25, 0.3) is 0 Å². The van der Waals surface area contributed by atoms with Crippen molar-refractivity contribution in [3.05, 3.63) is 24.3 Å². The van der Waals surface area contributed by atoms with Crippen LogP contribution in [0.3, 0.4) is 0 Å². The van der Waals surface area contributed by atoms with Crippen LogP contribution < -0.4 is 5.32 Å². The quantitative estimate of drug-likeness (QED) is 0.837. The van der Waals surface area contributed by atoms with E-state index in [0.717, 1.165) is 17.7 Å². The molecule has 1 aromatic rings. The summed E-state index contributed by atoms with van der Waals surface area (Å²) >= 11 is 1.56. The number of thioether (sulfide) groups is 1. The van der Waals surface area contributed by atoms with E-state index < -0.39 is 10.0 Å². The van der Waals surface area contributed by atoms with Crippen molar-refractivity contribution in [1.29, 1.82) is 0 Å². The van der Waals surface area contributed by atoms with Gasteiger partial charge in [-0.25, -0.2) is 8.42 Å². The van der Waals surface area contributed by atoms with E-state index in [2.05, 4.69) is 5.32 Å². The second-order valence-electron chi connectivity index (χ2n) is 5.96. The largest absolute Gasteiger partial charge is 0.311 e. The number of benzene rings is 1. The Balaban J connectivity index is 0.00000176. The van der Waals surface area contributed by atoms with E-state index in [1.54, 1.807) is 35.2 Å². The number of fused-ring (bicyclic) bond motifs is 2. The highest BCUT2D eigenvalue weighted by atomic mass is 35.5. The van der Waals surface area contributed by atoms with Gasteiger partial charge < -0.3 is 5.32 Å². The van der Waals surface area contributed by atoms with Crippen LogP contribution in [0.25, 0.3) is 0 Å². The van der Waals surface area contributed by atoms with Crippen LogP contribution in [-0.2, 0) is 10.0 Å². The lowest BCUT2D eigenvalue weighted by atomic mass is 10.0. The summed E-state index contributed by atoms with van der Waals surface area (Å²) in [6, 6.07) is 8.32. The Morgan fingerprint density at radius 2 is 1.86 bits per heavy atom. The molecule has 3 rings (SSSR count). The lowest BCUT2D eigenvalue weighted by Gasteiger charge is -2.34. The molecule has 0 amide bonds. The third kappa shape index (κ3) is 3.46. The maximum Gasteiger partial charge on any atom is 0.243 e. The van der Waals surface area contributed by atoms with Gasteiger partial charge in [0, 0.05) is 30.1 Å². The normalized spacial score (nSPS) is 27.7. The highest BCUT2D eigenvalue weighted by Gasteiger charge is 2.38. The summed E-state index contributed by atoms with van der Waals surface area (Å²) in [4.78, 5) is 1.39.